The van der Waals surface area contributed by atoms with Crippen molar-refractivity contribution in [3.63, 3.8) is 0 Å². The fourth-order valence-corrected chi connectivity index (χ4v) is 3.50. The zero-order valence-electron chi connectivity index (χ0n) is 14.8. The Hall–Kier alpha value is 0.870. The van der Waals surface area contributed by atoms with Crippen LogP contribution in [0.1, 0.15) is 97.3 Å². The molecule has 22 heavy (non-hydrogen) atoms. The second-order valence-electron chi connectivity index (χ2n) is 6.08. The van der Waals surface area contributed by atoms with Crippen molar-refractivity contribution in [1.82, 2.24) is 0 Å². The van der Waals surface area contributed by atoms with Gasteiger partial charge in [-0.1, -0.05) is 78.1 Å². The SMILES string of the molecule is CCCCCCCCCCCCC(O)(CCC)S(=O)(=O)[O-].[Na+]. The summed E-state index contributed by atoms with van der Waals surface area (Å²) in [5.74, 6) is 0. The molecule has 0 saturated heterocycles. The van der Waals surface area contributed by atoms with Crippen molar-refractivity contribution in [2.24, 2.45) is 0 Å². The molecule has 0 saturated carbocycles. The minimum absolute atomic E-state index is 0. The average Bonchev–Trinajstić information content (AvgIpc) is 2.40. The van der Waals surface area contributed by atoms with E-state index >= 15 is 0 Å². The molecule has 0 amide bonds. The normalized spacial score (nSPS) is 14.4. The fourth-order valence-electron chi connectivity index (χ4n) is 2.65. The molecule has 6 heteroatoms. The Bertz CT molecular complexity index is 346. The Labute approximate surface area is 159 Å². The van der Waals surface area contributed by atoms with Gasteiger partial charge in [0.05, 0.1) is 0 Å². The van der Waals surface area contributed by atoms with E-state index < -0.39 is 15.1 Å². The van der Waals surface area contributed by atoms with Crippen molar-refractivity contribution in [2.75, 3.05) is 0 Å². The molecule has 0 aromatic heterocycles. The Morgan fingerprint density at radius 1 is 0.773 bits per heavy atom. The van der Waals surface area contributed by atoms with Gasteiger partial charge in [0, 0.05) is 0 Å². The summed E-state index contributed by atoms with van der Waals surface area (Å²) < 4.78 is 33.4. The van der Waals surface area contributed by atoms with E-state index in [0.29, 0.717) is 12.8 Å². The smallest absolute Gasteiger partial charge is 0.746 e. The first kappa shape index (κ1) is 25.1. The van der Waals surface area contributed by atoms with Gasteiger partial charge >= 0.3 is 29.6 Å². The second kappa shape index (κ2) is 14.2. The number of unbranched alkanes of at least 4 members (excludes halogenated alkanes) is 9. The van der Waals surface area contributed by atoms with E-state index in [1.807, 2.05) is 0 Å². The third-order valence-corrected chi connectivity index (χ3v) is 5.37. The van der Waals surface area contributed by atoms with Gasteiger partial charge in [-0.3, -0.25) is 0 Å². The molecule has 0 spiro atoms. The quantitative estimate of drug-likeness (QED) is 0.293. The van der Waals surface area contributed by atoms with Gasteiger partial charge in [0.1, 0.15) is 10.1 Å². The molecule has 0 fully saturated rings. The van der Waals surface area contributed by atoms with Crippen molar-refractivity contribution < 1.29 is 47.6 Å². The first-order chi connectivity index (χ1) is 9.87. The van der Waals surface area contributed by atoms with Gasteiger partial charge in [-0.2, -0.15) is 0 Å². The maximum absolute atomic E-state index is 11.1. The molecule has 0 radical (unpaired) electrons. The van der Waals surface area contributed by atoms with Crippen LogP contribution < -0.4 is 29.6 Å². The van der Waals surface area contributed by atoms with Crippen molar-refractivity contribution in [3.8, 4) is 0 Å². The molecule has 0 aromatic carbocycles. The van der Waals surface area contributed by atoms with Crippen LogP contribution in [0.25, 0.3) is 0 Å². The molecule has 0 aliphatic rings. The molecule has 128 valence electrons. The minimum atomic E-state index is -4.63. The molecule has 4 nitrogen and oxygen atoms in total. The predicted molar refractivity (Wildman–Crippen MR) is 86.0 cm³/mol. The van der Waals surface area contributed by atoms with Crippen LogP contribution in [0.15, 0.2) is 0 Å². The van der Waals surface area contributed by atoms with E-state index in [9.17, 15) is 18.1 Å². The van der Waals surface area contributed by atoms with E-state index in [2.05, 4.69) is 6.92 Å². The summed E-state index contributed by atoms with van der Waals surface area (Å²) in [5.41, 5.74) is 0. The second-order valence-corrected chi connectivity index (χ2v) is 7.75. The molecule has 1 unspecified atom stereocenters. The summed E-state index contributed by atoms with van der Waals surface area (Å²) in [4.78, 5) is -2.05. The molecule has 1 atom stereocenters. The zero-order chi connectivity index (χ0) is 16.2. The molecular weight excluding hydrogens is 311 g/mol. The largest absolute Gasteiger partial charge is 1.00 e. The first-order valence-corrected chi connectivity index (χ1v) is 9.96. The number of hydrogen-bond donors (Lipinski definition) is 1. The molecule has 0 aliphatic carbocycles. The molecule has 0 heterocycles. The molecule has 0 bridgehead atoms. The minimum Gasteiger partial charge on any atom is -0.746 e. The third-order valence-electron chi connectivity index (χ3n) is 4.03. The fraction of sp³-hybridized carbons (Fsp3) is 1.00. The van der Waals surface area contributed by atoms with Crippen LogP contribution in [0, 0.1) is 0 Å². The van der Waals surface area contributed by atoms with E-state index in [-0.39, 0.29) is 42.4 Å². The van der Waals surface area contributed by atoms with Crippen LogP contribution in [0.4, 0.5) is 0 Å². The first-order valence-electron chi connectivity index (χ1n) is 8.55. The van der Waals surface area contributed by atoms with Crippen LogP contribution in [0.5, 0.6) is 0 Å². The maximum atomic E-state index is 11.1. The van der Waals surface area contributed by atoms with E-state index in [1.54, 1.807) is 6.92 Å². The van der Waals surface area contributed by atoms with Gasteiger partial charge in [-0.05, 0) is 19.3 Å². The molecule has 0 rings (SSSR count). The third kappa shape index (κ3) is 11.4. The van der Waals surface area contributed by atoms with Gasteiger partial charge in [-0.25, -0.2) is 8.42 Å². The average molecular weight is 344 g/mol. The summed E-state index contributed by atoms with van der Waals surface area (Å²) in [6, 6.07) is 0. The Kier molecular flexibility index (Phi) is 16.2. The van der Waals surface area contributed by atoms with Gasteiger partial charge in [0.2, 0.25) is 0 Å². The van der Waals surface area contributed by atoms with Crippen molar-refractivity contribution >= 4 is 10.1 Å². The predicted octanol–water partition coefficient (Wildman–Crippen LogP) is 1.34. The van der Waals surface area contributed by atoms with Crippen LogP contribution in [-0.4, -0.2) is 23.0 Å². The summed E-state index contributed by atoms with van der Waals surface area (Å²) in [6.07, 6.45) is 12.0. The van der Waals surface area contributed by atoms with Crippen molar-refractivity contribution in [1.29, 1.82) is 0 Å². The Morgan fingerprint density at radius 3 is 1.55 bits per heavy atom. The summed E-state index contributed by atoms with van der Waals surface area (Å²) in [7, 11) is -4.63. The van der Waals surface area contributed by atoms with Crippen molar-refractivity contribution in [2.45, 2.75) is 102 Å². The van der Waals surface area contributed by atoms with Gasteiger partial charge in [-0.15, -0.1) is 0 Å². The number of hydrogen-bond acceptors (Lipinski definition) is 4. The molecule has 0 aliphatic heterocycles. The van der Waals surface area contributed by atoms with Gasteiger partial charge in [0.25, 0.3) is 0 Å². The standard InChI is InChI=1S/C16H34O4S.Na/c1-3-5-6-7-8-9-10-11-12-13-15-16(17,14-4-2)21(18,19)20;/h17H,3-15H2,1-2H3,(H,18,19,20);/q;+1/p-1. The van der Waals surface area contributed by atoms with Crippen LogP contribution in [0.3, 0.4) is 0 Å². The topological polar surface area (TPSA) is 77.4 Å². The Morgan fingerprint density at radius 2 is 1.18 bits per heavy atom. The maximum Gasteiger partial charge on any atom is 1.00 e. The van der Waals surface area contributed by atoms with E-state index in [1.165, 1.54) is 38.5 Å². The van der Waals surface area contributed by atoms with Crippen LogP contribution >= 0.6 is 0 Å². The summed E-state index contributed by atoms with van der Waals surface area (Å²) in [5, 5.41) is 9.97. The zero-order valence-corrected chi connectivity index (χ0v) is 17.6. The monoisotopic (exact) mass is 344 g/mol. The summed E-state index contributed by atoms with van der Waals surface area (Å²) in [6.45, 7) is 3.98. The molecular formula is C16H33NaO4S. The number of rotatable bonds is 14. The Balaban J connectivity index is 0. The summed E-state index contributed by atoms with van der Waals surface area (Å²) >= 11 is 0. The molecule has 1 N–H and O–H groups in total. The van der Waals surface area contributed by atoms with Crippen molar-refractivity contribution in [3.05, 3.63) is 0 Å². The van der Waals surface area contributed by atoms with Crippen LogP contribution in [-0.2, 0) is 10.1 Å². The van der Waals surface area contributed by atoms with Crippen LogP contribution in [0.2, 0.25) is 0 Å². The van der Waals surface area contributed by atoms with E-state index in [0.717, 1.165) is 19.3 Å². The van der Waals surface area contributed by atoms with Gasteiger partial charge < -0.3 is 9.66 Å². The molecule has 0 aromatic rings. The van der Waals surface area contributed by atoms with E-state index in [4.69, 9.17) is 0 Å². The van der Waals surface area contributed by atoms with Gasteiger partial charge in [0.15, 0.2) is 4.93 Å². The number of aliphatic hydroxyl groups is 1.